The summed E-state index contributed by atoms with van der Waals surface area (Å²) in [5.74, 6) is -1.29. The average Bonchev–Trinajstić information content (AvgIpc) is 3.45. The van der Waals surface area contributed by atoms with Crippen molar-refractivity contribution >= 4 is 11.9 Å². The Morgan fingerprint density at radius 2 is 0.923 bits per heavy atom. The number of unbranched alkanes of at least 4 members (excludes halogenated alkanes) is 21. The zero-order valence-corrected chi connectivity index (χ0v) is 49.2. The number of nitrogens with one attached hydrogen (secondary N) is 1. The minimum atomic E-state index is -1.64. The fourth-order valence-corrected chi connectivity index (χ4v) is 9.00. The first kappa shape index (κ1) is 72.3. The molecule has 1 rings (SSSR count). The van der Waals surface area contributed by atoms with E-state index < -0.39 is 67.4 Å². The summed E-state index contributed by atoms with van der Waals surface area (Å²) < 4.78 is 17.5. The van der Waals surface area contributed by atoms with Crippen molar-refractivity contribution in [2.75, 3.05) is 13.2 Å². The first-order chi connectivity index (χ1) is 38.2. The molecule has 0 spiro atoms. The Bertz CT molecular complexity index is 1680. The van der Waals surface area contributed by atoms with Crippen molar-refractivity contribution < 1.29 is 49.3 Å². The number of rotatable bonds is 51. The predicted octanol–water partition coefficient (Wildman–Crippen LogP) is 14.9. The summed E-state index contributed by atoms with van der Waals surface area (Å²) in [5.41, 5.74) is 0. The van der Waals surface area contributed by atoms with Gasteiger partial charge >= 0.3 is 5.97 Å². The van der Waals surface area contributed by atoms with Crippen molar-refractivity contribution in [3.8, 4) is 0 Å². The van der Waals surface area contributed by atoms with Crippen LogP contribution >= 0.6 is 0 Å². The molecule has 0 aliphatic carbocycles. The molecule has 8 unspecified atom stereocenters. The second kappa shape index (κ2) is 53.9. The molecule has 78 heavy (non-hydrogen) atoms. The van der Waals surface area contributed by atoms with Crippen LogP contribution in [-0.4, -0.2) is 99.6 Å². The topological polar surface area (TPSA) is 175 Å². The van der Waals surface area contributed by atoms with Gasteiger partial charge in [0.2, 0.25) is 5.91 Å². The molecule has 1 aliphatic rings. The Labute approximate surface area is 475 Å². The van der Waals surface area contributed by atoms with Crippen LogP contribution in [0.4, 0.5) is 0 Å². The lowest BCUT2D eigenvalue weighted by molar-refractivity contribution is -0.305. The van der Waals surface area contributed by atoms with Crippen molar-refractivity contribution in [2.24, 2.45) is 0 Å². The second-order valence-electron chi connectivity index (χ2n) is 21.0. The van der Waals surface area contributed by atoms with Crippen LogP contribution in [0.1, 0.15) is 239 Å². The highest BCUT2D eigenvalue weighted by Crippen LogP contribution is 2.26. The summed E-state index contributed by atoms with van der Waals surface area (Å²) in [6.45, 7) is 5.61. The molecule has 0 aromatic heterocycles. The van der Waals surface area contributed by atoms with Crippen LogP contribution in [0.25, 0.3) is 0 Å². The summed E-state index contributed by atoms with van der Waals surface area (Å²) in [6, 6.07) is -1.05. The lowest BCUT2D eigenvalue weighted by Gasteiger charge is -2.41. The predicted molar refractivity (Wildman–Crippen MR) is 324 cm³/mol. The third-order valence-corrected chi connectivity index (χ3v) is 13.9. The zero-order chi connectivity index (χ0) is 56.8. The van der Waals surface area contributed by atoms with E-state index in [2.05, 4.69) is 111 Å². The van der Waals surface area contributed by atoms with Gasteiger partial charge in [0.1, 0.15) is 24.4 Å². The summed E-state index contributed by atoms with van der Waals surface area (Å²) in [7, 11) is 0. The van der Waals surface area contributed by atoms with Crippen LogP contribution in [0.3, 0.4) is 0 Å². The molecule has 0 saturated carbocycles. The van der Waals surface area contributed by atoms with Crippen LogP contribution in [0.15, 0.2) is 109 Å². The maximum atomic E-state index is 13.4. The monoisotopic (exact) mass is 1090 g/mol. The molecule has 0 radical (unpaired) electrons. The molecule has 8 atom stereocenters. The number of allylic oxidation sites excluding steroid dienone is 17. The van der Waals surface area contributed by atoms with Crippen molar-refractivity contribution in [1.29, 1.82) is 0 Å². The molecule has 1 heterocycles. The lowest BCUT2D eigenvalue weighted by atomic mass is 9.99. The molecule has 1 saturated heterocycles. The number of hydrogen-bond donors (Lipinski definition) is 6. The largest absolute Gasteiger partial charge is 0.454 e. The van der Waals surface area contributed by atoms with E-state index in [1.165, 1.54) is 83.5 Å². The molecule has 1 aliphatic heterocycles. The van der Waals surface area contributed by atoms with Gasteiger partial charge in [0.05, 0.1) is 25.4 Å². The van der Waals surface area contributed by atoms with Crippen LogP contribution in [0.2, 0.25) is 0 Å². The van der Waals surface area contributed by atoms with Gasteiger partial charge in [-0.1, -0.05) is 246 Å². The van der Waals surface area contributed by atoms with E-state index in [0.29, 0.717) is 12.8 Å². The van der Waals surface area contributed by atoms with Gasteiger partial charge in [0.15, 0.2) is 12.4 Å². The molecular weight excluding hydrogens is 979 g/mol. The van der Waals surface area contributed by atoms with Crippen LogP contribution < -0.4 is 5.32 Å². The summed E-state index contributed by atoms with van der Waals surface area (Å²) in [5, 5.41) is 56.9. The number of hydrogen-bond acceptors (Lipinski definition) is 10. The Hall–Kier alpha value is -3.68. The number of ether oxygens (including phenoxy) is 3. The molecule has 0 bridgehead atoms. The number of carbonyl (C=O) groups excluding carboxylic acids is 2. The molecule has 11 nitrogen and oxygen atoms in total. The van der Waals surface area contributed by atoms with Gasteiger partial charge in [-0.05, 0) is 96.3 Å². The van der Waals surface area contributed by atoms with E-state index in [1.54, 1.807) is 6.08 Å². The smallest absolute Gasteiger partial charge is 0.306 e. The quantitative estimate of drug-likeness (QED) is 0.0195. The van der Waals surface area contributed by atoms with Crippen LogP contribution in [-0.2, 0) is 23.8 Å². The molecule has 1 amide bonds. The van der Waals surface area contributed by atoms with E-state index in [1.807, 2.05) is 18.2 Å². The standard InChI is InChI=1S/C67H113NO10/c1-4-7-10-13-16-19-22-25-26-27-28-29-30-31-32-33-34-35-37-39-42-45-48-51-54-60(71)66(75)68-58(59(70)53-50-47-44-41-38-24-21-18-15-12-9-6-3)57-76-67-65(64(74)63(73)61(56-69)77-67)78-62(72)55-52-49-46-43-40-36-23-20-17-14-11-8-5-2/h7,10,16,19,25-26,28-29,31-32,34-36,40,46,49-50,53,58-61,63-65,67,69-71,73-74H,4-6,8-9,11-15,17-18,20-24,27,30,33,37-39,41-45,47-48,51-52,54-57H2,1-3H3,(H,68,75)/b10-7-,19-16-,26-25-,29-28-,32-31-,35-34-,40-36-,49-46+,53-50+. The van der Waals surface area contributed by atoms with Crippen LogP contribution in [0.5, 0.6) is 0 Å². The summed E-state index contributed by atoms with van der Waals surface area (Å²) in [6.07, 6.45) is 62.8. The molecule has 11 heteroatoms. The molecule has 446 valence electrons. The van der Waals surface area contributed by atoms with Crippen molar-refractivity contribution in [1.82, 2.24) is 5.32 Å². The summed E-state index contributed by atoms with van der Waals surface area (Å²) in [4.78, 5) is 26.5. The van der Waals surface area contributed by atoms with Gasteiger partial charge < -0.3 is 45.1 Å². The Kier molecular flexibility index (Phi) is 50.0. The van der Waals surface area contributed by atoms with Gasteiger partial charge in [0.25, 0.3) is 0 Å². The highest BCUT2D eigenvalue weighted by atomic mass is 16.7. The molecule has 0 aromatic carbocycles. The van der Waals surface area contributed by atoms with Crippen molar-refractivity contribution in [2.45, 2.75) is 288 Å². The Morgan fingerprint density at radius 1 is 0.513 bits per heavy atom. The maximum absolute atomic E-state index is 13.4. The molecule has 6 N–H and O–H groups in total. The molecular formula is C67H113NO10. The number of carbonyl (C=O) groups is 2. The van der Waals surface area contributed by atoms with Crippen molar-refractivity contribution in [3.63, 3.8) is 0 Å². The minimum absolute atomic E-state index is 0.0108. The number of aliphatic hydroxyl groups is 5. The fraction of sp³-hybridized carbons (Fsp3) is 0.701. The minimum Gasteiger partial charge on any atom is -0.454 e. The number of esters is 1. The van der Waals surface area contributed by atoms with Gasteiger partial charge in [0, 0.05) is 6.42 Å². The van der Waals surface area contributed by atoms with E-state index in [9.17, 15) is 35.1 Å². The molecule has 1 fully saturated rings. The maximum Gasteiger partial charge on any atom is 0.306 e. The number of aliphatic hydroxyl groups excluding tert-OH is 5. The zero-order valence-electron chi connectivity index (χ0n) is 49.2. The van der Waals surface area contributed by atoms with Crippen LogP contribution in [0, 0.1) is 0 Å². The normalized spacial score (nSPS) is 19.7. The third kappa shape index (κ3) is 41.3. The highest BCUT2D eigenvalue weighted by molar-refractivity contribution is 5.80. The highest BCUT2D eigenvalue weighted by Gasteiger charge is 2.47. The molecule has 0 aromatic rings. The second-order valence-corrected chi connectivity index (χ2v) is 21.0. The SMILES string of the molecule is CC/C=C\C/C=C\C/C=C\C/C=C\C/C=C\C/C=C\CCCCCCCC(O)C(=O)NC(COC1OC(CO)C(O)C(O)C1OC(=O)CC/C=C/C/C=C\CCCCCCCC)C(O)/C=C/CCCCCCCCCCCC. The lowest BCUT2D eigenvalue weighted by Crippen LogP contribution is -2.61. The van der Waals surface area contributed by atoms with Gasteiger partial charge in [-0.15, -0.1) is 0 Å². The van der Waals surface area contributed by atoms with Gasteiger partial charge in [-0.2, -0.15) is 0 Å². The fourth-order valence-electron chi connectivity index (χ4n) is 9.00. The van der Waals surface area contributed by atoms with E-state index in [0.717, 1.165) is 109 Å². The Morgan fingerprint density at radius 3 is 1.38 bits per heavy atom. The summed E-state index contributed by atoms with van der Waals surface area (Å²) >= 11 is 0. The van der Waals surface area contributed by atoms with Crippen molar-refractivity contribution in [3.05, 3.63) is 109 Å². The average molecular weight is 1090 g/mol. The first-order valence-electron chi connectivity index (χ1n) is 31.2. The van der Waals surface area contributed by atoms with E-state index in [-0.39, 0.29) is 19.4 Å². The first-order valence-corrected chi connectivity index (χ1v) is 31.2. The van der Waals surface area contributed by atoms with E-state index in [4.69, 9.17) is 14.2 Å². The number of amides is 1. The van der Waals surface area contributed by atoms with Gasteiger partial charge in [-0.25, -0.2) is 0 Å². The van der Waals surface area contributed by atoms with Gasteiger partial charge in [-0.3, -0.25) is 9.59 Å². The third-order valence-electron chi connectivity index (χ3n) is 13.9. The Balaban J connectivity index is 2.69. The van der Waals surface area contributed by atoms with E-state index >= 15 is 0 Å².